The summed E-state index contributed by atoms with van der Waals surface area (Å²) in [5, 5.41) is 0.766. The van der Waals surface area contributed by atoms with E-state index in [-0.39, 0.29) is 0 Å². The fourth-order valence-corrected chi connectivity index (χ4v) is 1.53. The maximum Gasteiger partial charge on any atom is 0.0335 e. The van der Waals surface area contributed by atoms with E-state index in [9.17, 15) is 0 Å². The second-order valence-corrected chi connectivity index (χ2v) is 3.39. The summed E-state index contributed by atoms with van der Waals surface area (Å²) in [7, 11) is 0. The molecule has 2 heteroatoms. The maximum absolute atomic E-state index is 5.67. The van der Waals surface area contributed by atoms with Crippen molar-refractivity contribution in [3.05, 3.63) is 11.6 Å². The molecule has 1 aliphatic heterocycles. The largest absolute Gasteiger partial charge is 0.298 e. The lowest BCUT2D eigenvalue weighted by atomic mass is 10.1. The lowest BCUT2D eigenvalue weighted by Crippen LogP contribution is -2.30. The highest BCUT2D eigenvalue weighted by molar-refractivity contribution is 6.29. The Morgan fingerprint density at radius 1 is 1.30 bits per heavy atom. The first-order valence-corrected chi connectivity index (χ1v) is 4.22. The van der Waals surface area contributed by atoms with Crippen LogP contribution in [0.3, 0.4) is 0 Å². The number of nitrogens with zero attached hydrogens (tertiary/aromatic N) is 1. The Balaban J connectivity index is 2.19. The molecule has 1 nitrogen and oxygen atoms in total. The number of hydrogen-bond donors (Lipinski definition) is 0. The van der Waals surface area contributed by atoms with Crippen molar-refractivity contribution in [2.75, 3.05) is 19.6 Å². The van der Waals surface area contributed by atoms with Crippen LogP contribution in [0.25, 0.3) is 0 Å². The lowest BCUT2D eigenvalue weighted by molar-refractivity contribution is 0.250. The van der Waals surface area contributed by atoms with Crippen LogP contribution >= 0.6 is 11.6 Å². The lowest BCUT2D eigenvalue weighted by Gasteiger charge is -2.25. The Labute approximate surface area is 67.7 Å². The summed E-state index contributed by atoms with van der Waals surface area (Å²) >= 11 is 5.67. The molecule has 0 amide bonds. The predicted octanol–water partition coefficient (Wildman–Crippen LogP) is 2.22. The molecule has 0 bridgehead atoms. The molecule has 1 fully saturated rings. The van der Waals surface area contributed by atoms with E-state index in [0.29, 0.717) is 0 Å². The van der Waals surface area contributed by atoms with E-state index < -0.39 is 0 Å². The Morgan fingerprint density at radius 3 is 2.40 bits per heavy atom. The van der Waals surface area contributed by atoms with E-state index in [4.69, 9.17) is 11.6 Å². The molecule has 0 atom stereocenters. The van der Waals surface area contributed by atoms with Gasteiger partial charge in [0.1, 0.15) is 0 Å². The molecular formula is C8H14ClN. The van der Waals surface area contributed by atoms with Gasteiger partial charge in [-0.15, -0.1) is 0 Å². The van der Waals surface area contributed by atoms with Crippen LogP contribution in [0, 0.1) is 0 Å². The van der Waals surface area contributed by atoms with Crippen LogP contribution in [-0.2, 0) is 0 Å². The van der Waals surface area contributed by atoms with Crippen LogP contribution in [0.15, 0.2) is 11.6 Å². The van der Waals surface area contributed by atoms with Gasteiger partial charge in [-0.1, -0.05) is 24.6 Å². The van der Waals surface area contributed by atoms with Crippen LogP contribution in [0.5, 0.6) is 0 Å². The first-order valence-electron chi connectivity index (χ1n) is 3.84. The quantitative estimate of drug-likeness (QED) is 0.598. The maximum atomic E-state index is 5.67. The SMILES string of the molecule is C=C(Cl)CN1CCCCC1. The number of hydrogen-bond acceptors (Lipinski definition) is 1. The van der Waals surface area contributed by atoms with Crippen molar-refractivity contribution < 1.29 is 0 Å². The average molecular weight is 160 g/mol. The normalized spacial score (nSPS) is 20.9. The van der Waals surface area contributed by atoms with E-state index in [1.165, 1.54) is 32.4 Å². The second kappa shape index (κ2) is 3.99. The van der Waals surface area contributed by atoms with Crippen molar-refractivity contribution in [2.24, 2.45) is 0 Å². The summed E-state index contributed by atoms with van der Waals surface area (Å²) in [5.41, 5.74) is 0. The summed E-state index contributed by atoms with van der Waals surface area (Å²) in [6.07, 6.45) is 4.03. The van der Waals surface area contributed by atoms with Crippen LogP contribution in [0.4, 0.5) is 0 Å². The minimum absolute atomic E-state index is 0.766. The third-order valence-corrected chi connectivity index (χ3v) is 1.96. The van der Waals surface area contributed by atoms with E-state index in [0.717, 1.165) is 11.6 Å². The molecule has 0 spiro atoms. The molecular weight excluding hydrogens is 146 g/mol. The molecule has 0 unspecified atom stereocenters. The van der Waals surface area contributed by atoms with E-state index in [2.05, 4.69) is 11.5 Å². The van der Waals surface area contributed by atoms with Crippen LogP contribution in [0.2, 0.25) is 0 Å². The molecule has 1 rings (SSSR count). The molecule has 1 aliphatic rings. The van der Waals surface area contributed by atoms with Gasteiger partial charge in [0.2, 0.25) is 0 Å². The Morgan fingerprint density at radius 2 is 1.90 bits per heavy atom. The molecule has 0 aromatic carbocycles. The molecule has 0 radical (unpaired) electrons. The number of halogens is 1. The predicted molar refractivity (Wildman–Crippen MR) is 45.3 cm³/mol. The third kappa shape index (κ3) is 2.72. The molecule has 58 valence electrons. The highest BCUT2D eigenvalue weighted by Crippen LogP contribution is 2.10. The third-order valence-electron chi connectivity index (χ3n) is 1.84. The molecule has 10 heavy (non-hydrogen) atoms. The van der Waals surface area contributed by atoms with Crippen molar-refractivity contribution in [3.63, 3.8) is 0 Å². The highest BCUT2D eigenvalue weighted by atomic mass is 35.5. The zero-order chi connectivity index (χ0) is 7.40. The zero-order valence-corrected chi connectivity index (χ0v) is 7.03. The van der Waals surface area contributed by atoms with Gasteiger partial charge in [0, 0.05) is 11.6 Å². The monoisotopic (exact) mass is 159 g/mol. The van der Waals surface area contributed by atoms with Crippen molar-refractivity contribution in [1.29, 1.82) is 0 Å². The summed E-state index contributed by atoms with van der Waals surface area (Å²) in [4.78, 5) is 2.36. The van der Waals surface area contributed by atoms with Crippen LogP contribution < -0.4 is 0 Å². The fourth-order valence-electron chi connectivity index (χ4n) is 1.36. The van der Waals surface area contributed by atoms with Crippen molar-refractivity contribution in [1.82, 2.24) is 4.90 Å². The zero-order valence-electron chi connectivity index (χ0n) is 6.27. The highest BCUT2D eigenvalue weighted by Gasteiger charge is 2.09. The Bertz CT molecular complexity index is 116. The topological polar surface area (TPSA) is 3.24 Å². The number of piperidine rings is 1. The second-order valence-electron chi connectivity index (χ2n) is 2.85. The molecule has 0 N–H and O–H groups in total. The molecule has 1 saturated heterocycles. The first-order chi connectivity index (χ1) is 4.79. The Kier molecular flexibility index (Phi) is 3.23. The van der Waals surface area contributed by atoms with Crippen LogP contribution in [0.1, 0.15) is 19.3 Å². The first kappa shape index (κ1) is 8.09. The average Bonchev–Trinajstić information content (AvgIpc) is 1.88. The van der Waals surface area contributed by atoms with Crippen LogP contribution in [-0.4, -0.2) is 24.5 Å². The van der Waals surface area contributed by atoms with Gasteiger partial charge in [-0.05, 0) is 25.9 Å². The molecule has 0 saturated carbocycles. The van der Waals surface area contributed by atoms with Crippen molar-refractivity contribution in [2.45, 2.75) is 19.3 Å². The molecule has 0 aliphatic carbocycles. The molecule has 0 aromatic rings. The van der Waals surface area contributed by atoms with Gasteiger partial charge in [0.15, 0.2) is 0 Å². The van der Waals surface area contributed by atoms with Gasteiger partial charge in [-0.25, -0.2) is 0 Å². The minimum atomic E-state index is 0.766. The molecule has 0 aromatic heterocycles. The van der Waals surface area contributed by atoms with Gasteiger partial charge in [-0.3, -0.25) is 4.90 Å². The number of likely N-dealkylation sites (tertiary alicyclic amines) is 1. The van der Waals surface area contributed by atoms with Gasteiger partial charge >= 0.3 is 0 Å². The van der Waals surface area contributed by atoms with E-state index in [1.807, 2.05) is 0 Å². The summed E-state index contributed by atoms with van der Waals surface area (Å²) < 4.78 is 0. The van der Waals surface area contributed by atoms with Crippen molar-refractivity contribution in [3.8, 4) is 0 Å². The van der Waals surface area contributed by atoms with Gasteiger partial charge < -0.3 is 0 Å². The summed E-state index contributed by atoms with van der Waals surface area (Å²) in [5.74, 6) is 0. The van der Waals surface area contributed by atoms with E-state index >= 15 is 0 Å². The standard InChI is InChI=1S/C8H14ClN/c1-8(9)7-10-5-3-2-4-6-10/h1-7H2. The summed E-state index contributed by atoms with van der Waals surface area (Å²) in [6, 6.07) is 0. The van der Waals surface area contributed by atoms with Crippen molar-refractivity contribution >= 4 is 11.6 Å². The number of rotatable bonds is 2. The molecule has 1 heterocycles. The van der Waals surface area contributed by atoms with Gasteiger partial charge in [0.05, 0.1) is 0 Å². The minimum Gasteiger partial charge on any atom is -0.298 e. The fraction of sp³-hybridized carbons (Fsp3) is 0.750. The van der Waals surface area contributed by atoms with Gasteiger partial charge in [-0.2, -0.15) is 0 Å². The summed E-state index contributed by atoms with van der Waals surface area (Å²) in [6.45, 7) is 6.95. The van der Waals surface area contributed by atoms with E-state index in [1.54, 1.807) is 0 Å². The smallest absolute Gasteiger partial charge is 0.0335 e. The van der Waals surface area contributed by atoms with Gasteiger partial charge in [0.25, 0.3) is 0 Å². The Hall–Kier alpha value is -0.0100.